The van der Waals surface area contributed by atoms with Gasteiger partial charge in [0.2, 0.25) is 47.3 Å². The number of rotatable bonds is 6. The molecule has 5 rings (SSSR count). The third kappa shape index (κ3) is 16.0. The van der Waals surface area contributed by atoms with Gasteiger partial charge in [-0.05, 0) is 87.5 Å². The SMILES string of the molecule is Cc1cccnc1C(=O)N[C@@H]1COC(=O)[C@H](C(C)C)N(C)C(=O)CN(C)C(=O)CNC(=O)[C@@H]2CCCCN2C(=O)[C@H](NC(=O)c2ncccc2C)COC(=O)[C@H](C(C)C)N(C)C(=O)CN(C)C(=O)CNC(=O)[C@@H]2CCCCN2C1=O. The van der Waals surface area contributed by atoms with Crippen LogP contribution in [0.1, 0.15) is 98.3 Å². The molecule has 0 bridgehead atoms. The molecule has 3 fully saturated rings. The molecule has 0 unspecified atom stereocenters. The van der Waals surface area contributed by atoms with Gasteiger partial charge in [0.05, 0.1) is 26.2 Å². The number of likely N-dealkylation sites (N-methyl/N-ethyl adjacent to an activating group) is 4. The maximum Gasteiger partial charge on any atom is 0.329 e. The van der Waals surface area contributed by atoms with E-state index >= 15 is 0 Å². The molecular formula is C54H76N12O14. The third-order valence-corrected chi connectivity index (χ3v) is 14.4. The molecule has 0 spiro atoms. The average Bonchev–Trinajstić information content (AvgIpc) is 3.43. The molecule has 0 saturated carbocycles. The third-order valence-electron chi connectivity index (χ3n) is 14.4. The first kappa shape index (κ1) is 62.8. The van der Waals surface area contributed by atoms with Gasteiger partial charge in [-0.3, -0.25) is 57.9 Å². The highest BCUT2D eigenvalue weighted by Crippen LogP contribution is 2.22. The number of aryl methyl sites for hydroxylation is 2. The minimum absolute atomic E-state index is 0.0202. The van der Waals surface area contributed by atoms with Gasteiger partial charge in [-0.25, -0.2) is 9.59 Å². The van der Waals surface area contributed by atoms with Crippen LogP contribution in [0.25, 0.3) is 0 Å². The fraction of sp³-hybridized carbons (Fsp3) is 0.593. The monoisotopic (exact) mass is 1120 g/mol. The number of cyclic esters (lactones) is 2. The zero-order valence-corrected chi connectivity index (χ0v) is 47.3. The predicted octanol–water partition coefficient (Wildman–Crippen LogP) is -1.03. The summed E-state index contributed by atoms with van der Waals surface area (Å²) in [5.74, 6) is -10.5. The van der Waals surface area contributed by atoms with Crippen LogP contribution in [0, 0.1) is 25.7 Å². The normalized spacial score (nSPS) is 24.0. The second kappa shape index (κ2) is 28.7. The highest BCUT2D eigenvalue weighted by molar-refractivity contribution is 6.00. The first-order chi connectivity index (χ1) is 37.8. The van der Waals surface area contributed by atoms with Crippen LogP contribution < -0.4 is 21.3 Å². The number of fused-ring (bicyclic) bond motifs is 2. The molecule has 80 heavy (non-hydrogen) atoms. The van der Waals surface area contributed by atoms with Crippen LogP contribution in [0.4, 0.5) is 0 Å². The van der Waals surface area contributed by atoms with Gasteiger partial charge in [-0.2, -0.15) is 0 Å². The van der Waals surface area contributed by atoms with Gasteiger partial charge in [0, 0.05) is 53.7 Å². The highest BCUT2D eigenvalue weighted by atomic mass is 16.5. The Morgan fingerprint density at radius 3 is 1.26 bits per heavy atom. The van der Waals surface area contributed by atoms with Crippen molar-refractivity contribution in [3.63, 3.8) is 0 Å². The van der Waals surface area contributed by atoms with Crippen molar-refractivity contribution in [1.29, 1.82) is 0 Å². The van der Waals surface area contributed by atoms with Gasteiger partial charge < -0.3 is 60.1 Å². The molecule has 5 heterocycles. The number of carbonyl (C=O) groups excluding carboxylic acids is 12. The average molecular weight is 1120 g/mol. The lowest BCUT2D eigenvalue weighted by molar-refractivity contribution is -0.159. The van der Waals surface area contributed by atoms with Crippen LogP contribution >= 0.6 is 0 Å². The summed E-state index contributed by atoms with van der Waals surface area (Å²) in [5, 5.41) is 10.3. The topological polar surface area (TPSA) is 317 Å². The Kier molecular flexibility index (Phi) is 22.5. The van der Waals surface area contributed by atoms with E-state index in [4.69, 9.17) is 9.47 Å². The van der Waals surface area contributed by atoms with Crippen LogP contribution in [0.5, 0.6) is 0 Å². The maximum absolute atomic E-state index is 14.6. The van der Waals surface area contributed by atoms with Gasteiger partial charge in [-0.15, -0.1) is 0 Å². The first-order valence-corrected chi connectivity index (χ1v) is 26.8. The summed E-state index contributed by atoms with van der Waals surface area (Å²) < 4.78 is 11.5. The number of carbonyl (C=O) groups is 12. The molecule has 436 valence electrons. The number of hydrogen-bond donors (Lipinski definition) is 4. The first-order valence-electron chi connectivity index (χ1n) is 26.8. The number of hydrogen-bond acceptors (Lipinski definition) is 16. The summed E-state index contributed by atoms with van der Waals surface area (Å²) in [7, 11) is 5.28. The molecule has 6 atom stereocenters. The molecule has 3 aliphatic rings. The number of nitrogens with zero attached hydrogens (tertiary/aromatic N) is 8. The molecule has 0 radical (unpaired) electrons. The second-order valence-electron chi connectivity index (χ2n) is 21.1. The van der Waals surface area contributed by atoms with Crippen molar-refractivity contribution in [2.45, 2.75) is 116 Å². The van der Waals surface area contributed by atoms with E-state index in [1.54, 1.807) is 65.8 Å². The minimum Gasteiger partial charge on any atom is -0.461 e. The van der Waals surface area contributed by atoms with Crippen molar-refractivity contribution >= 4 is 71.0 Å². The summed E-state index contributed by atoms with van der Waals surface area (Å²) in [6.07, 6.45) is 5.03. The standard InChI is InChI=1S/C54H76N12O14/c1-31(2)45-53(77)79-29-35(59-49(73)43-33(5)17-15-21-55-43)51(75)65-23-13-11-19-37(65)47(71)58-26-40(68)62(8)28-42(70)64(10)46(32(3)4)54(78)80-30-36(60-50(74)44-34(6)18-16-22-56-44)52(76)66-24-14-12-20-38(66)48(72)57-25-39(67)61(7)27-41(69)63(45)9/h15-18,21-22,31-32,35-38,45-46H,11-14,19-20,23-30H2,1-10H3,(H,57,72)(H,58,71)(H,59,73)(H,60,74)/t35-,36-,37+,38+,45+,46+/m1/s1. The minimum atomic E-state index is -1.58. The number of aromatic nitrogens is 2. The lowest BCUT2D eigenvalue weighted by atomic mass is 10.00. The molecule has 3 saturated heterocycles. The molecule has 10 amide bonds. The number of amides is 10. The predicted molar refractivity (Wildman–Crippen MR) is 285 cm³/mol. The molecular weight excluding hydrogens is 1040 g/mol. The fourth-order valence-electron chi connectivity index (χ4n) is 9.79. The Balaban J connectivity index is 1.46. The lowest BCUT2D eigenvalue weighted by Crippen LogP contribution is -2.59. The fourth-order valence-corrected chi connectivity index (χ4v) is 9.79. The number of pyridine rings is 2. The van der Waals surface area contributed by atoms with Crippen molar-refractivity contribution in [3.05, 3.63) is 59.2 Å². The summed E-state index contributed by atoms with van der Waals surface area (Å²) in [4.78, 5) is 182. The zero-order chi connectivity index (χ0) is 59.1. The Hall–Kier alpha value is -8.06. The maximum atomic E-state index is 14.6. The van der Waals surface area contributed by atoms with Crippen LogP contribution in [0.15, 0.2) is 36.7 Å². The van der Waals surface area contributed by atoms with Crippen molar-refractivity contribution in [2.24, 2.45) is 11.8 Å². The van der Waals surface area contributed by atoms with Crippen LogP contribution in [-0.4, -0.2) is 227 Å². The van der Waals surface area contributed by atoms with Crippen LogP contribution in [0.2, 0.25) is 0 Å². The number of ether oxygens (including phenoxy) is 2. The molecule has 2 aromatic rings. The zero-order valence-electron chi connectivity index (χ0n) is 47.3. The van der Waals surface area contributed by atoms with E-state index in [-0.39, 0.29) is 37.3 Å². The van der Waals surface area contributed by atoms with Crippen LogP contribution in [0.3, 0.4) is 0 Å². The van der Waals surface area contributed by atoms with E-state index in [2.05, 4.69) is 31.2 Å². The van der Waals surface area contributed by atoms with Crippen molar-refractivity contribution in [1.82, 2.24) is 60.6 Å². The summed E-state index contributed by atoms with van der Waals surface area (Å²) in [6.45, 7) is 6.12. The van der Waals surface area contributed by atoms with E-state index in [1.807, 2.05) is 0 Å². The van der Waals surface area contributed by atoms with Crippen molar-refractivity contribution in [3.8, 4) is 0 Å². The van der Waals surface area contributed by atoms with Gasteiger partial charge in [0.15, 0.2) is 0 Å². The molecule has 3 aliphatic heterocycles. The summed E-state index contributed by atoms with van der Waals surface area (Å²) >= 11 is 0. The van der Waals surface area contributed by atoms with Gasteiger partial charge in [0.25, 0.3) is 11.8 Å². The van der Waals surface area contributed by atoms with Crippen molar-refractivity contribution < 1.29 is 67.0 Å². The van der Waals surface area contributed by atoms with Gasteiger partial charge in [-0.1, -0.05) is 39.8 Å². The summed E-state index contributed by atoms with van der Waals surface area (Å²) in [6, 6.07) is -1.50. The highest BCUT2D eigenvalue weighted by Gasteiger charge is 2.41. The molecule has 26 nitrogen and oxygen atoms in total. The molecule has 26 heteroatoms. The number of nitrogens with one attached hydrogen (secondary N) is 4. The number of esters is 2. The molecule has 0 aromatic carbocycles. The summed E-state index contributed by atoms with van der Waals surface area (Å²) in [5.41, 5.74) is 0.906. The lowest BCUT2D eigenvalue weighted by Gasteiger charge is -2.37. The Morgan fingerprint density at radius 2 is 0.925 bits per heavy atom. The van der Waals surface area contributed by atoms with Crippen molar-refractivity contribution in [2.75, 3.05) is 80.7 Å². The largest absolute Gasteiger partial charge is 0.461 e. The van der Waals surface area contributed by atoms with E-state index in [1.165, 1.54) is 50.4 Å². The Labute approximate surface area is 465 Å². The number of piperidine rings is 2. The van der Waals surface area contributed by atoms with E-state index in [0.29, 0.717) is 36.8 Å². The molecule has 4 N–H and O–H groups in total. The molecule has 0 aliphatic carbocycles. The van der Waals surface area contributed by atoms with Gasteiger partial charge >= 0.3 is 11.9 Å². The van der Waals surface area contributed by atoms with Crippen LogP contribution in [-0.2, 0) is 57.4 Å². The van der Waals surface area contributed by atoms with E-state index in [9.17, 15) is 57.5 Å². The Morgan fingerprint density at radius 1 is 0.562 bits per heavy atom. The Bertz CT molecular complexity index is 2490. The quantitative estimate of drug-likeness (QED) is 0.251. The smallest absolute Gasteiger partial charge is 0.329 e. The van der Waals surface area contributed by atoms with Gasteiger partial charge in [0.1, 0.15) is 60.9 Å². The van der Waals surface area contributed by atoms with E-state index < -0.39 is 158 Å². The second-order valence-corrected chi connectivity index (χ2v) is 21.1. The molecule has 2 aromatic heterocycles. The van der Waals surface area contributed by atoms with E-state index in [0.717, 1.165) is 19.6 Å².